The lowest BCUT2D eigenvalue weighted by Gasteiger charge is -2.29. The third-order valence-corrected chi connectivity index (χ3v) is 6.91. The van der Waals surface area contributed by atoms with Gasteiger partial charge in [0.2, 0.25) is 11.8 Å². The molecular weight excluding hydrogens is 435 g/mol. The minimum atomic E-state index is -0.612. The van der Waals surface area contributed by atoms with Crippen LogP contribution in [-0.2, 0) is 21.9 Å². The monoisotopic (exact) mass is 462 g/mol. The van der Waals surface area contributed by atoms with Crippen LogP contribution in [0, 0.1) is 5.82 Å². The van der Waals surface area contributed by atoms with E-state index in [1.54, 1.807) is 24.0 Å². The third-order valence-electron chi connectivity index (χ3n) is 5.58. The van der Waals surface area contributed by atoms with Crippen LogP contribution in [-0.4, -0.2) is 34.6 Å². The summed E-state index contributed by atoms with van der Waals surface area (Å²) < 4.78 is 13.3. The first-order valence-electron chi connectivity index (χ1n) is 10.6. The van der Waals surface area contributed by atoms with Crippen molar-refractivity contribution < 1.29 is 14.0 Å². The van der Waals surface area contributed by atoms with E-state index in [0.717, 1.165) is 36.8 Å². The van der Waals surface area contributed by atoms with Crippen molar-refractivity contribution in [3.63, 3.8) is 0 Å². The minimum Gasteiger partial charge on any atom is -0.352 e. The van der Waals surface area contributed by atoms with E-state index in [2.05, 4.69) is 5.32 Å². The first kappa shape index (κ1) is 23.6. The average Bonchev–Trinajstić information content (AvgIpc) is 3.27. The summed E-state index contributed by atoms with van der Waals surface area (Å²) in [5, 5.41) is 3.76. The van der Waals surface area contributed by atoms with Crippen molar-refractivity contribution in [2.75, 3.05) is 5.75 Å². The van der Waals surface area contributed by atoms with Crippen LogP contribution >= 0.6 is 23.4 Å². The number of carbonyl (C=O) groups is 2. The molecule has 2 aromatic rings. The highest BCUT2D eigenvalue weighted by atomic mass is 35.5. The van der Waals surface area contributed by atoms with E-state index in [-0.39, 0.29) is 36.0 Å². The molecule has 1 fully saturated rings. The van der Waals surface area contributed by atoms with Gasteiger partial charge in [0.25, 0.3) is 0 Å². The van der Waals surface area contributed by atoms with Gasteiger partial charge in [-0.05, 0) is 49.1 Å². The molecule has 0 aromatic heterocycles. The van der Waals surface area contributed by atoms with Crippen molar-refractivity contribution in [2.45, 2.75) is 57.0 Å². The quantitative estimate of drug-likeness (QED) is 0.558. The topological polar surface area (TPSA) is 49.4 Å². The molecular formula is C24H28ClFN2O2S. The zero-order valence-corrected chi connectivity index (χ0v) is 19.2. The van der Waals surface area contributed by atoms with Gasteiger partial charge < -0.3 is 10.2 Å². The molecule has 3 rings (SSSR count). The van der Waals surface area contributed by atoms with Crippen LogP contribution < -0.4 is 5.32 Å². The van der Waals surface area contributed by atoms with Crippen LogP contribution in [0.1, 0.15) is 43.7 Å². The Morgan fingerprint density at radius 3 is 2.52 bits per heavy atom. The number of nitrogens with zero attached hydrogens (tertiary/aromatic N) is 1. The summed E-state index contributed by atoms with van der Waals surface area (Å²) >= 11 is 7.67. The summed E-state index contributed by atoms with van der Waals surface area (Å²) in [6.45, 7) is 2.01. The van der Waals surface area contributed by atoms with Crippen molar-refractivity contribution in [1.82, 2.24) is 10.2 Å². The molecule has 166 valence electrons. The van der Waals surface area contributed by atoms with Gasteiger partial charge in [-0.25, -0.2) is 4.39 Å². The first-order valence-corrected chi connectivity index (χ1v) is 12.1. The maximum absolute atomic E-state index is 13.3. The first-order chi connectivity index (χ1) is 14.9. The van der Waals surface area contributed by atoms with Crippen LogP contribution in [0.2, 0.25) is 5.02 Å². The van der Waals surface area contributed by atoms with E-state index in [0.29, 0.717) is 10.8 Å². The van der Waals surface area contributed by atoms with Crippen LogP contribution in [0.3, 0.4) is 0 Å². The number of carbonyl (C=O) groups excluding carboxylic acids is 2. The molecule has 0 radical (unpaired) electrons. The van der Waals surface area contributed by atoms with Crippen LogP contribution in [0.5, 0.6) is 0 Å². The Hall–Kier alpha value is -2.05. The summed E-state index contributed by atoms with van der Waals surface area (Å²) in [5.41, 5.74) is 1.76. The van der Waals surface area contributed by atoms with E-state index in [1.165, 1.54) is 23.9 Å². The second-order valence-electron chi connectivity index (χ2n) is 7.90. The Morgan fingerprint density at radius 1 is 1.16 bits per heavy atom. The molecule has 1 saturated carbocycles. The molecule has 2 aromatic carbocycles. The molecule has 7 heteroatoms. The van der Waals surface area contributed by atoms with E-state index in [9.17, 15) is 14.0 Å². The summed E-state index contributed by atoms with van der Waals surface area (Å²) in [5.74, 6) is 0.240. The fourth-order valence-corrected chi connectivity index (χ4v) is 4.90. The van der Waals surface area contributed by atoms with Crippen LogP contribution in [0.15, 0.2) is 48.5 Å². The smallest absolute Gasteiger partial charge is 0.242 e. The molecule has 1 aliphatic rings. The number of amides is 2. The van der Waals surface area contributed by atoms with Gasteiger partial charge in [-0.15, -0.1) is 11.8 Å². The Labute approximate surface area is 192 Å². The van der Waals surface area contributed by atoms with Gasteiger partial charge in [0.05, 0.1) is 5.75 Å². The molecule has 31 heavy (non-hydrogen) atoms. The van der Waals surface area contributed by atoms with Crippen molar-refractivity contribution in [3.05, 3.63) is 70.5 Å². The third kappa shape index (κ3) is 6.97. The molecule has 0 aliphatic heterocycles. The molecule has 0 saturated heterocycles. The molecule has 0 heterocycles. The standard InChI is InChI=1S/C24H28ClFN2O2S/c1-17(24(30)27-21-7-3-4-8-21)28(14-18-10-12-20(26)13-11-18)23(29)16-31-15-19-6-2-5-9-22(19)25/h2,5-6,9-13,17,21H,3-4,7-8,14-16H2,1H3,(H,27,30)/t17-/m1/s1. The molecule has 0 spiro atoms. The average molecular weight is 463 g/mol. The normalized spacial score (nSPS) is 14.9. The van der Waals surface area contributed by atoms with Crippen molar-refractivity contribution in [2.24, 2.45) is 0 Å². The maximum atomic E-state index is 13.3. The minimum absolute atomic E-state index is 0.129. The zero-order chi connectivity index (χ0) is 22.2. The second-order valence-corrected chi connectivity index (χ2v) is 9.29. The molecule has 2 amide bonds. The number of thioether (sulfide) groups is 1. The van der Waals surface area contributed by atoms with Crippen LogP contribution in [0.4, 0.5) is 4.39 Å². The van der Waals surface area contributed by atoms with E-state index >= 15 is 0 Å². The summed E-state index contributed by atoms with van der Waals surface area (Å²) in [6, 6.07) is 13.2. The van der Waals surface area contributed by atoms with Gasteiger partial charge in [-0.2, -0.15) is 0 Å². The Morgan fingerprint density at radius 2 is 1.84 bits per heavy atom. The summed E-state index contributed by atoms with van der Waals surface area (Å²) in [7, 11) is 0. The predicted molar refractivity (Wildman–Crippen MR) is 124 cm³/mol. The number of halogens is 2. The van der Waals surface area contributed by atoms with E-state index < -0.39 is 6.04 Å². The van der Waals surface area contributed by atoms with Gasteiger partial charge in [0.1, 0.15) is 11.9 Å². The van der Waals surface area contributed by atoms with Gasteiger partial charge in [0.15, 0.2) is 0 Å². The fraction of sp³-hybridized carbons (Fsp3) is 0.417. The number of nitrogens with one attached hydrogen (secondary N) is 1. The van der Waals surface area contributed by atoms with Crippen LogP contribution in [0.25, 0.3) is 0 Å². The largest absolute Gasteiger partial charge is 0.352 e. The predicted octanol–water partition coefficient (Wildman–Crippen LogP) is 5.19. The highest BCUT2D eigenvalue weighted by molar-refractivity contribution is 7.99. The molecule has 0 bridgehead atoms. The molecule has 1 atom stereocenters. The van der Waals surface area contributed by atoms with Crippen molar-refractivity contribution >= 4 is 35.2 Å². The second kappa shape index (κ2) is 11.5. The Bertz CT molecular complexity index is 887. The summed E-state index contributed by atoms with van der Waals surface area (Å²) in [6.07, 6.45) is 4.21. The van der Waals surface area contributed by atoms with E-state index in [4.69, 9.17) is 11.6 Å². The van der Waals surface area contributed by atoms with Gasteiger partial charge >= 0.3 is 0 Å². The lowest BCUT2D eigenvalue weighted by Crippen LogP contribution is -2.50. The van der Waals surface area contributed by atoms with Crippen molar-refractivity contribution in [3.8, 4) is 0 Å². The number of benzene rings is 2. The fourth-order valence-electron chi connectivity index (χ4n) is 3.71. The Kier molecular flexibility index (Phi) is 8.79. The van der Waals surface area contributed by atoms with Crippen molar-refractivity contribution in [1.29, 1.82) is 0 Å². The molecule has 4 nitrogen and oxygen atoms in total. The Balaban J connectivity index is 1.65. The molecule has 0 unspecified atom stereocenters. The summed E-state index contributed by atoms with van der Waals surface area (Å²) in [4.78, 5) is 27.5. The lowest BCUT2D eigenvalue weighted by atomic mass is 10.1. The molecule has 1 N–H and O–H groups in total. The number of hydrogen-bond acceptors (Lipinski definition) is 3. The zero-order valence-electron chi connectivity index (χ0n) is 17.7. The van der Waals surface area contributed by atoms with Gasteiger partial charge in [-0.1, -0.05) is 54.8 Å². The van der Waals surface area contributed by atoms with Gasteiger partial charge in [0, 0.05) is 23.4 Å². The van der Waals surface area contributed by atoms with Gasteiger partial charge in [-0.3, -0.25) is 9.59 Å². The number of rotatable bonds is 9. The highest BCUT2D eigenvalue weighted by Gasteiger charge is 2.28. The lowest BCUT2D eigenvalue weighted by molar-refractivity contribution is -0.138. The van der Waals surface area contributed by atoms with E-state index in [1.807, 2.05) is 24.3 Å². The maximum Gasteiger partial charge on any atom is 0.242 e. The SMILES string of the molecule is C[C@H](C(=O)NC1CCCC1)N(Cc1ccc(F)cc1)C(=O)CSCc1ccccc1Cl. The molecule has 1 aliphatic carbocycles. The number of hydrogen-bond donors (Lipinski definition) is 1. The highest BCUT2D eigenvalue weighted by Crippen LogP contribution is 2.22.